The van der Waals surface area contributed by atoms with Gasteiger partial charge >= 0.3 is 5.97 Å². The minimum absolute atomic E-state index is 0.0351. The molecule has 0 aromatic carbocycles. The van der Waals surface area contributed by atoms with E-state index in [-0.39, 0.29) is 11.7 Å². The highest BCUT2D eigenvalue weighted by Crippen LogP contribution is 2.31. The first kappa shape index (κ1) is 15.3. The van der Waals surface area contributed by atoms with E-state index in [2.05, 4.69) is 0 Å². The predicted octanol–water partition coefficient (Wildman–Crippen LogP) is 3.97. The van der Waals surface area contributed by atoms with E-state index in [9.17, 15) is 14.7 Å². The lowest BCUT2D eigenvalue weighted by Gasteiger charge is -2.26. The van der Waals surface area contributed by atoms with Crippen LogP contribution in [-0.4, -0.2) is 16.9 Å². The predicted molar refractivity (Wildman–Crippen MR) is 78.4 cm³/mol. The molecule has 0 heterocycles. The maximum Gasteiger partial charge on any atom is 0.307 e. The van der Waals surface area contributed by atoms with Crippen molar-refractivity contribution in [3.05, 3.63) is 12.2 Å². The van der Waals surface area contributed by atoms with E-state index in [1.807, 2.05) is 6.08 Å². The van der Waals surface area contributed by atoms with E-state index >= 15 is 0 Å². The first-order valence-corrected chi connectivity index (χ1v) is 8.11. The Labute approximate surface area is 121 Å². The molecule has 2 rings (SSSR count). The molecule has 112 valence electrons. The topological polar surface area (TPSA) is 54.4 Å². The zero-order chi connectivity index (χ0) is 14.4. The van der Waals surface area contributed by atoms with E-state index in [1.54, 1.807) is 6.08 Å². The van der Waals surface area contributed by atoms with E-state index in [4.69, 9.17) is 0 Å². The fourth-order valence-electron chi connectivity index (χ4n) is 3.69. The summed E-state index contributed by atoms with van der Waals surface area (Å²) in [6.07, 6.45) is 14.5. The molecule has 2 atom stereocenters. The lowest BCUT2D eigenvalue weighted by molar-refractivity contribution is -0.147. The van der Waals surface area contributed by atoms with Crippen LogP contribution in [0.4, 0.5) is 0 Å². The molecule has 1 N–H and O–H groups in total. The number of hydrogen-bond donors (Lipinski definition) is 1. The van der Waals surface area contributed by atoms with Gasteiger partial charge in [0.25, 0.3) is 0 Å². The minimum Gasteiger partial charge on any atom is -0.481 e. The molecule has 2 saturated carbocycles. The Bertz CT molecular complexity index is 366. The Morgan fingerprint density at radius 3 is 2.15 bits per heavy atom. The normalized spacial score (nSPS) is 28.6. The number of carbonyl (C=O) groups excluding carboxylic acids is 1. The standard InChI is InChI=1S/C17H26O3/c18-16(12-6-9-13-7-2-1-3-8-13)14-10-4-5-11-15(14)17(19)20/h6,12-15H,1-5,7-11H2,(H,19,20)/b12-6-. The van der Waals surface area contributed by atoms with Gasteiger partial charge in [0.05, 0.1) is 5.92 Å². The minimum atomic E-state index is -0.802. The van der Waals surface area contributed by atoms with Gasteiger partial charge in [-0.2, -0.15) is 0 Å². The molecule has 2 unspecified atom stereocenters. The maximum atomic E-state index is 12.2. The van der Waals surface area contributed by atoms with Crippen LogP contribution in [0.5, 0.6) is 0 Å². The number of aliphatic carboxylic acids is 1. The van der Waals surface area contributed by atoms with Gasteiger partial charge in [0.1, 0.15) is 0 Å². The number of ketones is 1. The number of carboxylic acids is 1. The number of carboxylic acid groups (broad SMARTS) is 1. The van der Waals surface area contributed by atoms with Crippen LogP contribution in [0.2, 0.25) is 0 Å². The Morgan fingerprint density at radius 1 is 0.900 bits per heavy atom. The molecule has 2 fully saturated rings. The molecule has 2 aliphatic rings. The molecule has 0 radical (unpaired) electrons. The van der Waals surface area contributed by atoms with Gasteiger partial charge in [-0.1, -0.05) is 51.0 Å². The quantitative estimate of drug-likeness (QED) is 0.774. The molecule has 20 heavy (non-hydrogen) atoms. The summed E-state index contributed by atoms with van der Waals surface area (Å²) >= 11 is 0. The van der Waals surface area contributed by atoms with Crippen molar-refractivity contribution in [3.8, 4) is 0 Å². The third-order valence-corrected chi connectivity index (χ3v) is 4.92. The summed E-state index contributed by atoms with van der Waals surface area (Å²) in [7, 11) is 0. The molecule has 3 heteroatoms. The highest BCUT2D eigenvalue weighted by atomic mass is 16.4. The lowest BCUT2D eigenvalue weighted by Crippen LogP contribution is -2.31. The highest BCUT2D eigenvalue weighted by molar-refractivity contribution is 5.94. The Hall–Kier alpha value is -1.12. The molecule has 0 amide bonds. The van der Waals surface area contributed by atoms with Gasteiger partial charge in [-0.3, -0.25) is 9.59 Å². The van der Waals surface area contributed by atoms with Crippen molar-refractivity contribution < 1.29 is 14.7 Å². The van der Waals surface area contributed by atoms with Gasteiger partial charge in [-0.25, -0.2) is 0 Å². The second kappa shape index (κ2) is 7.61. The van der Waals surface area contributed by atoms with Crippen LogP contribution >= 0.6 is 0 Å². The van der Waals surface area contributed by atoms with E-state index in [1.165, 1.54) is 32.1 Å². The van der Waals surface area contributed by atoms with E-state index in [0.29, 0.717) is 6.42 Å². The van der Waals surface area contributed by atoms with Gasteiger partial charge < -0.3 is 5.11 Å². The summed E-state index contributed by atoms with van der Waals surface area (Å²) < 4.78 is 0. The van der Waals surface area contributed by atoms with Gasteiger partial charge in [0.2, 0.25) is 0 Å². The molecule has 0 bridgehead atoms. The van der Waals surface area contributed by atoms with Crippen LogP contribution in [0.3, 0.4) is 0 Å². The summed E-state index contributed by atoms with van der Waals surface area (Å²) in [6, 6.07) is 0. The van der Waals surface area contributed by atoms with Crippen LogP contribution in [0.15, 0.2) is 12.2 Å². The smallest absolute Gasteiger partial charge is 0.307 e. The molecule has 0 aliphatic heterocycles. The SMILES string of the molecule is O=C(O)C1CCCCC1C(=O)/C=C\CC1CCCCC1. The van der Waals surface area contributed by atoms with Crippen molar-refractivity contribution in [2.45, 2.75) is 64.2 Å². The van der Waals surface area contributed by atoms with Crippen LogP contribution < -0.4 is 0 Å². The summed E-state index contributed by atoms with van der Waals surface area (Å²) in [6.45, 7) is 0. The van der Waals surface area contributed by atoms with Crippen molar-refractivity contribution in [1.82, 2.24) is 0 Å². The largest absolute Gasteiger partial charge is 0.481 e. The van der Waals surface area contributed by atoms with Gasteiger partial charge in [-0.05, 0) is 31.3 Å². The summed E-state index contributed by atoms with van der Waals surface area (Å²) in [5, 5.41) is 9.21. The molecule has 3 nitrogen and oxygen atoms in total. The average Bonchev–Trinajstić information content (AvgIpc) is 2.48. The first-order valence-electron chi connectivity index (χ1n) is 8.11. The zero-order valence-electron chi connectivity index (χ0n) is 12.2. The average molecular weight is 278 g/mol. The number of carbonyl (C=O) groups is 2. The summed E-state index contributed by atoms with van der Waals surface area (Å²) in [5.74, 6) is -0.787. The van der Waals surface area contributed by atoms with Crippen molar-refractivity contribution in [3.63, 3.8) is 0 Å². The molecule has 2 aliphatic carbocycles. The molecule has 0 spiro atoms. The van der Waals surface area contributed by atoms with E-state index < -0.39 is 11.9 Å². The first-order chi connectivity index (χ1) is 9.68. The monoisotopic (exact) mass is 278 g/mol. The van der Waals surface area contributed by atoms with E-state index in [0.717, 1.165) is 31.6 Å². The zero-order valence-corrected chi connectivity index (χ0v) is 12.2. The van der Waals surface area contributed by atoms with Gasteiger partial charge in [0.15, 0.2) is 5.78 Å². The maximum absolute atomic E-state index is 12.2. The lowest BCUT2D eigenvalue weighted by atomic mass is 9.76. The van der Waals surface area contributed by atoms with Crippen LogP contribution in [-0.2, 0) is 9.59 Å². The Balaban J connectivity index is 1.84. The van der Waals surface area contributed by atoms with Gasteiger partial charge in [-0.15, -0.1) is 0 Å². The van der Waals surface area contributed by atoms with Crippen molar-refractivity contribution in [2.24, 2.45) is 17.8 Å². The van der Waals surface area contributed by atoms with Crippen LogP contribution in [0.1, 0.15) is 64.2 Å². The number of rotatable bonds is 5. The van der Waals surface area contributed by atoms with Crippen molar-refractivity contribution in [2.75, 3.05) is 0 Å². The third-order valence-electron chi connectivity index (χ3n) is 4.92. The fourth-order valence-corrected chi connectivity index (χ4v) is 3.69. The van der Waals surface area contributed by atoms with Crippen LogP contribution in [0, 0.1) is 17.8 Å². The van der Waals surface area contributed by atoms with Crippen molar-refractivity contribution in [1.29, 1.82) is 0 Å². The summed E-state index contributed by atoms with van der Waals surface area (Å²) in [4.78, 5) is 23.4. The molecule has 0 aromatic rings. The molecule has 0 aromatic heterocycles. The fraction of sp³-hybridized carbons (Fsp3) is 0.765. The third kappa shape index (κ3) is 4.19. The number of allylic oxidation sites excluding steroid dienone is 2. The second-order valence-corrected chi connectivity index (χ2v) is 6.38. The van der Waals surface area contributed by atoms with Crippen LogP contribution in [0.25, 0.3) is 0 Å². The van der Waals surface area contributed by atoms with Crippen molar-refractivity contribution >= 4 is 11.8 Å². The number of hydrogen-bond acceptors (Lipinski definition) is 2. The Kier molecular flexibility index (Phi) is 5.81. The highest BCUT2D eigenvalue weighted by Gasteiger charge is 2.34. The molecular formula is C17H26O3. The molecule has 0 saturated heterocycles. The summed E-state index contributed by atoms with van der Waals surface area (Å²) in [5.41, 5.74) is 0. The molecular weight excluding hydrogens is 252 g/mol. The Morgan fingerprint density at radius 2 is 1.50 bits per heavy atom. The second-order valence-electron chi connectivity index (χ2n) is 6.38. The van der Waals surface area contributed by atoms with Gasteiger partial charge in [0, 0.05) is 5.92 Å².